The lowest BCUT2D eigenvalue weighted by Gasteiger charge is -2.37. The van der Waals surface area contributed by atoms with Gasteiger partial charge >= 0.3 is 6.09 Å². The van der Waals surface area contributed by atoms with E-state index >= 15 is 0 Å². The molecule has 0 radical (unpaired) electrons. The second-order valence-electron chi connectivity index (χ2n) is 5.84. The lowest BCUT2D eigenvalue weighted by Crippen LogP contribution is -2.49. The number of rotatable bonds is 3. The summed E-state index contributed by atoms with van der Waals surface area (Å²) in [5, 5.41) is 0. The fourth-order valence-electron chi connectivity index (χ4n) is 2.29. The predicted molar refractivity (Wildman–Crippen MR) is 69.0 cm³/mol. The molecule has 1 atom stereocenters. The molecule has 2 amide bonds. The van der Waals surface area contributed by atoms with Crippen LogP contribution in [-0.2, 0) is 9.53 Å². The van der Waals surface area contributed by atoms with Gasteiger partial charge < -0.3 is 9.64 Å². The Morgan fingerprint density at radius 1 is 1.44 bits per heavy atom. The average Bonchev–Trinajstić information content (AvgIpc) is 2.55. The van der Waals surface area contributed by atoms with Gasteiger partial charge in [-0.2, -0.15) is 0 Å². The summed E-state index contributed by atoms with van der Waals surface area (Å²) in [4.78, 5) is 26.9. The van der Waals surface area contributed by atoms with E-state index in [-0.39, 0.29) is 30.1 Å². The first-order valence-electron chi connectivity index (χ1n) is 6.48. The first-order valence-corrected chi connectivity index (χ1v) is 6.48. The molecule has 1 rings (SSSR count). The highest BCUT2D eigenvalue weighted by atomic mass is 16.6. The molecule has 1 unspecified atom stereocenters. The van der Waals surface area contributed by atoms with Gasteiger partial charge in [0.05, 0.1) is 6.61 Å². The van der Waals surface area contributed by atoms with E-state index in [1.165, 1.54) is 4.90 Å². The lowest BCUT2D eigenvalue weighted by molar-refractivity contribution is -0.127. The van der Waals surface area contributed by atoms with Crippen LogP contribution in [-0.4, -0.2) is 48.2 Å². The molecular formula is C13H24N2O3. The Labute approximate surface area is 109 Å². The van der Waals surface area contributed by atoms with Crippen LogP contribution < -0.4 is 0 Å². The maximum atomic E-state index is 12.0. The molecule has 1 aliphatic rings. The number of nitrogens with zero attached hydrogens (tertiary/aromatic N) is 2. The molecule has 0 aromatic heterocycles. The average molecular weight is 256 g/mol. The van der Waals surface area contributed by atoms with Crippen LogP contribution >= 0.6 is 0 Å². The summed E-state index contributed by atoms with van der Waals surface area (Å²) < 4.78 is 5.20. The Morgan fingerprint density at radius 3 is 2.56 bits per heavy atom. The summed E-state index contributed by atoms with van der Waals surface area (Å²) in [7, 11) is 1.73. The minimum atomic E-state index is -0.388. The fraction of sp³-hybridized carbons (Fsp3) is 0.846. The molecule has 0 bridgehead atoms. The van der Waals surface area contributed by atoms with Crippen molar-refractivity contribution in [3.63, 3.8) is 0 Å². The van der Waals surface area contributed by atoms with Crippen LogP contribution in [0, 0.1) is 5.41 Å². The summed E-state index contributed by atoms with van der Waals surface area (Å²) in [5.74, 6) is -0.0395. The van der Waals surface area contributed by atoms with E-state index < -0.39 is 0 Å². The molecule has 0 saturated carbocycles. The Bertz CT molecular complexity index is 323. The van der Waals surface area contributed by atoms with Crippen molar-refractivity contribution < 1.29 is 14.3 Å². The zero-order valence-corrected chi connectivity index (χ0v) is 12.0. The van der Waals surface area contributed by atoms with Crippen LogP contribution in [0.1, 0.15) is 40.5 Å². The summed E-state index contributed by atoms with van der Waals surface area (Å²) in [6.07, 6.45) is 1.21. The first-order chi connectivity index (χ1) is 8.29. The summed E-state index contributed by atoms with van der Waals surface area (Å²) in [6.45, 7) is 8.61. The molecule has 0 N–H and O–H groups in total. The van der Waals surface area contributed by atoms with E-state index in [1.807, 2.05) is 27.7 Å². The van der Waals surface area contributed by atoms with Crippen LogP contribution in [0.25, 0.3) is 0 Å². The first kappa shape index (κ1) is 14.8. The number of hydrogen-bond acceptors (Lipinski definition) is 3. The molecule has 104 valence electrons. The van der Waals surface area contributed by atoms with Gasteiger partial charge in [-0.05, 0) is 6.42 Å². The van der Waals surface area contributed by atoms with Crippen molar-refractivity contribution in [1.82, 2.24) is 9.80 Å². The Hall–Kier alpha value is -1.26. The van der Waals surface area contributed by atoms with Crippen LogP contribution in [0.5, 0.6) is 0 Å². The summed E-state index contributed by atoms with van der Waals surface area (Å²) in [6, 6.07) is 0. The van der Waals surface area contributed by atoms with E-state index in [2.05, 4.69) is 0 Å². The second kappa shape index (κ2) is 5.59. The van der Waals surface area contributed by atoms with Crippen molar-refractivity contribution in [2.24, 2.45) is 5.41 Å². The van der Waals surface area contributed by atoms with E-state index in [9.17, 15) is 9.59 Å². The topological polar surface area (TPSA) is 49.9 Å². The van der Waals surface area contributed by atoms with Gasteiger partial charge in [0.15, 0.2) is 0 Å². The summed E-state index contributed by atoms with van der Waals surface area (Å²) in [5.41, 5.74) is -0.190. The van der Waals surface area contributed by atoms with Gasteiger partial charge in [0.25, 0.3) is 0 Å². The Balaban J connectivity index is 2.74. The minimum Gasteiger partial charge on any atom is -0.449 e. The molecule has 0 aromatic carbocycles. The highest BCUT2D eigenvalue weighted by Crippen LogP contribution is 2.31. The van der Waals surface area contributed by atoms with Crippen LogP contribution in [0.15, 0.2) is 0 Å². The number of unbranched alkanes of at least 4 members (excludes halogenated alkanes) is 1. The van der Waals surface area contributed by atoms with Gasteiger partial charge in [0, 0.05) is 12.5 Å². The molecule has 0 spiro atoms. The highest BCUT2D eigenvalue weighted by molar-refractivity contribution is 5.86. The third kappa shape index (κ3) is 3.15. The standard InChI is InChI=1S/C13H24N2O3/c1-6-7-8-18-12(17)15-9-10(16)14(5)11(15)13(2,3)4/h11H,6-9H2,1-5H3. The smallest absolute Gasteiger partial charge is 0.411 e. The van der Waals surface area contributed by atoms with E-state index in [4.69, 9.17) is 4.74 Å². The van der Waals surface area contributed by atoms with Crippen molar-refractivity contribution in [2.45, 2.75) is 46.7 Å². The predicted octanol–water partition coefficient (Wildman–Crippen LogP) is 2.07. The van der Waals surface area contributed by atoms with Crippen molar-refractivity contribution in [1.29, 1.82) is 0 Å². The van der Waals surface area contributed by atoms with E-state index in [1.54, 1.807) is 11.9 Å². The van der Waals surface area contributed by atoms with Gasteiger partial charge in [-0.1, -0.05) is 34.1 Å². The van der Waals surface area contributed by atoms with Crippen molar-refractivity contribution in [2.75, 3.05) is 20.2 Å². The number of ether oxygens (including phenoxy) is 1. The van der Waals surface area contributed by atoms with Gasteiger partial charge in [-0.3, -0.25) is 9.69 Å². The number of carbonyl (C=O) groups is 2. The zero-order chi connectivity index (χ0) is 13.9. The van der Waals surface area contributed by atoms with Crippen molar-refractivity contribution in [3.05, 3.63) is 0 Å². The molecule has 0 aromatic rings. The maximum absolute atomic E-state index is 12.0. The van der Waals surface area contributed by atoms with Gasteiger partial charge in [-0.15, -0.1) is 0 Å². The quantitative estimate of drug-likeness (QED) is 0.726. The second-order valence-corrected chi connectivity index (χ2v) is 5.84. The number of likely N-dealkylation sites (N-methyl/N-ethyl adjacent to an activating group) is 1. The van der Waals surface area contributed by atoms with Gasteiger partial charge in [-0.25, -0.2) is 4.79 Å². The Morgan fingerprint density at radius 2 is 2.06 bits per heavy atom. The SMILES string of the molecule is CCCCOC(=O)N1CC(=O)N(C)C1C(C)(C)C. The number of hydrogen-bond donors (Lipinski definition) is 0. The third-order valence-electron chi connectivity index (χ3n) is 3.09. The minimum absolute atomic E-state index is 0.0395. The Kier molecular flexibility index (Phi) is 4.59. The molecule has 0 aliphatic carbocycles. The highest BCUT2D eigenvalue weighted by Gasteiger charge is 2.45. The van der Waals surface area contributed by atoms with Crippen LogP contribution in [0.2, 0.25) is 0 Å². The van der Waals surface area contributed by atoms with Gasteiger partial charge in [0.1, 0.15) is 12.7 Å². The van der Waals surface area contributed by atoms with Crippen LogP contribution in [0.3, 0.4) is 0 Å². The molecule has 1 heterocycles. The molecular weight excluding hydrogens is 232 g/mol. The van der Waals surface area contributed by atoms with Crippen molar-refractivity contribution >= 4 is 12.0 Å². The summed E-state index contributed by atoms with van der Waals surface area (Å²) >= 11 is 0. The maximum Gasteiger partial charge on any atom is 0.411 e. The zero-order valence-electron chi connectivity index (χ0n) is 12.0. The molecule has 18 heavy (non-hydrogen) atoms. The van der Waals surface area contributed by atoms with E-state index in [0.29, 0.717) is 6.61 Å². The van der Waals surface area contributed by atoms with Crippen molar-refractivity contribution in [3.8, 4) is 0 Å². The fourth-order valence-corrected chi connectivity index (χ4v) is 2.29. The largest absolute Gasteiger partial charge is 0.449 e. The van der Waals surface area contributed by atoms with Gasteiger partial charge in [0.2, 0.25) is 5.91 Å². The molecule has 1 fully saturated rings. The number of carbonyl (C=O) groups excluding carboxylic acids is 2. The van der Waals surface area contributed by atoms with E-state index in [0.717, 1.165) is 12.8 Å². The molecule has 5 heteroatoms. The molecule has 1 saturated heterocycles. The third-order valence-corrected chi connectivity index (χ3v) is 3.09. The number of amides is 2. The van der Waals surface area contributed by atoms with Crippen LogP contribution in [0.4, 0.5) is 4.79 Å². The lowest BCUT2D eigenvalue weighted by atomic mass is 9.91. The molecule has 5 nitrogen and oxygen atoms in total. The normalized spacial score (nSPS) is 20.5. The molecule has 1 aliphatic heterocycles. The monoisotopic (exact) mass is 256 g/mol.